The van der Waals surface area contributed by atoms with Crippen LogP contribution in [-0.2, 0) is 13.5 Å². The van der Waals surface area contributed by atoms with Gasteiger partial charge in [-0.05, 0) is 25.1 Å². The van der Waals surface area contributed by atoms with Crippen molar-refractivity contribution in [2.75, 3.05) is 0 Å². The molecule has 0 N–H and O–H groups in total. The van der Waals surface area contributed by atoms with Gasteiger partial charge in [-0.2, -0.15) is 10.2 Å². The predicted octanol–water partition coefficient (Wildman–Crippen LogP) is 3.22. The van der Waals surface area contributed by atoms with Crippen molar-refractivity contribution < 1.29 is 4.79 Å². The van der Waals surface area contributed by atoms with E-state index in [4.69, 9.17) is 0 Å². The molecule has 0 bridgehead atoms. The molecule has 0 unspecified atom stereocenters. The first-order valence-corrected chi connectivity index (χ1v) is 8.66. The molecule has 0 spiro atoms. The molecule has 0 saturated heterocycles. The maximum atomic E-state index is 12.3. The Kier molecular flexibility index (Phi) is 3.85. The fourth-order valence-electron chi connectivity index (χ4n) is 2.69. The van der Waals surface area contributed by atoms with Crippen LogP contribution in [0.1, 0.15) is 21.2 Å². The highest BCUT2D eigenvalue weighted by atomic mass is 32.1. The van der Waals surface area contributed by atoms with E-state index in [1.165, 1.54) is 11.3 Å². The van der Waals surface area contributed by atoms with Crippen LogP contribution in [0.5, 0.6) is 0 Å². The summed E-state index contributed by atoms with van der Waals surface area (Å²) in [7, 11) is 1.96. The van der Waals surface area contributed by atoms with E-state index >= 15 is 0 Å². The van der Waals surface area contributed by atoms with Gasteiger partial charge in [-0.25, -0.2) is 9.97 Å². The second kappa shape index (κ2) is 6.18. The van der Waals surface area contributed by atoms with Gasteiger partial charge in [-0.1, -0.05) is 6.07 Å². The number of aryl methyl sites for hydroxylation is 2. The number of aromatic nitrogens is 5. The Balaban J connectivity index is 1.67. The summed E-state index contributed by atoms with van der Waals surface area (Å²) >= 11 is 1.36. The summed E-state index contributed by atoms with van der Waals surface area (Å²) in [5.74, 6) is -0.0328. The number of nitrogens with zero attached hydrogens (tertiary/aromatic N) is 5. The van der Waals surface area contributed by atoms with Crippen LogP contribution in [-0.4, -0.2) is 30.5 Å². The third-order valence-corrected chi connectivity index (χ3v) is 4.95. The van der Waals surface area contributed by atoms with Gasteiger partial charge in [0.25, 0.3) is 0 Å². The van der Waals surface area contributed by atoms with E-state index in [0.717, 1.165) is 27.9 Å². The molecule has 0 radical (unpaired) electrons. The lowest BCUT2D eigenvalue weighted by Gasteiger charge is -2.05. The van der Waals surface area contributed by atoms with Crippen LogP contribution in [0, 0.1) is 6.92 Å². The van der Waals surface area contributed by atoms with E-state index < -0.39 is 0 Å². The molecule has 0 fully saturated rings. The van der Waals surface area contributed by atoms with E-state index in [1.54, 1.807) is 6.33 Å². The van der Waals surface area contributed by atoms with Crippen LogP contribution in [0.25, 0.3) is 22.2 Å². The fourth-order valence-corrected chi connectivity index (χ4v) is 3.43. The average molecular weight is 349 g/mol. The Labute approximate surface area is 148 Å². The third-order valence-electron chi connectivity index (χ3n) is 3.95. The lowest BCUT2D eigenvalue weighted by Crippen LogP contribution is -2.05. The zero-order valence-corrected chi connectivity index (χ0v) is 14.6. The molecule has 0 aliphatic rings. The highest BCUT2D eigenvalue weighted by molar-refractivity contribution is 7.11. The second-order valence-electron chi connectivity index (χ2n) is 5.89. The van der Waals surface area contributed by atoms with Crippen LogP contribution in [0.4, 0.5) is 0 Å². The number of imidazole rings is 1. The standard InChI is InChI=1S/C18H15N5OS/c1-11-9-25-18(20-11)17(24)7-14-6-13-5-12(3-4-15(13)22-21-14)16-8-19-10-23(16)2/h3-6,8-10H,7H2,1-2H3. The molecule has 0 atom stereocenters. The van der Waals surface area contributed by atoms with Crippen molar-refractivity contribution in [2.24, 2.45) is 7.05 Å². The first-order chi connectivity index (χ1) is 12.1. The van der Waals surface area contributed by atoms with E-state index in [1.807, 2.05) is 54.4 Å². The zero-order valence-electron chi connectivity index (χ0n) is 13.8. The molecule has 25 heavy (non-hydrogen) atoms. The lowest BCUT2D eigenvalue weighted by atomic mass is 10.1. The van der Waals surface area contributed by atoms with Gasteiger partial charge in [0.2, 0.25) is 0 Å². The number of hydrogen-bond donors (Lipinski definition) is 0. The Morgan fingerprint density at radius 1 is 1.24 bits per heavy atom. The van der Waals surface area contributed by atoms with Crippen LogP contribution in [0.3, 0.4) is 0 Å². The molecule has 4 aromatic rings. The highest BCUT2D eigenvalue weighted by Gasteiger charge is 2.13. The van der Waals surface area contributed by atoms with Gasteiger partial charge in [0.15, 0.2) is 10.8 Å². The van der Waals surface area contributed by atoms with Crippen molar-refractivity contribution in [3.8, 4) is 11.3 Å². The van der Waals surface area contributed by atoms with Crippen molar-refractivity contribution in [1.29, 1.82) is 0 Å². The molecule has 124 valence electrons. The second-order valence-corrected chi connectivity index (χ2v) is 6.75. The summed E-state index contributed by atoms with van der Waals surface area (Å²) in [6.07, 6.45) is 3.79. The molecule has 4 rings (SSSR count). The quantitative estimate of drug-likeness (QED) is 0.529. The molecular formula is C18H15N5OS. The molecule has 3 heterocycles. The first kappa shape index (κ1) is 15.6. The predicted molar refractivity (Wildman–Crippen MR) is 96.6 cm³/mol. The van der Waals surface area contributed by atoms with Gasteiger partial charge in [0.05, 0.1) is 35.8 Å². The number of fused-ring (bicyclic) bond motifs is 1. The molecule has 0 amide bonds. The number of carbonyl (C=O) groups excluding carboxylic acids is 1. The van der Waals surface area contributed by atoms with E-state index in [2.05, 4.69) is 20.2 Å². The molecule has 7 heteroatoms. The molecule has 6 nitrogen and oxygen atoms in total. The van der Waals surface area contributed by atoms with Crippen LogP contribution in [0.15, 0.2) is 42.2 Å². The van der Waals surface area contributed by atoms with E-state index in [9.17, 15) is 4.79 Å². The van der Waals surface area contributed by atoms with Crippen molar-refractivity contribution in [3.05, 3.63) is 58.6 Å². The van der Waals surface area contributed by atoms with Crippen molar-refractivity contribution in [2.45, 2.75) is 13.3 Å². The van der Waals surface area contributed by atoms with Crippen molar-refractivity contribution in [3.63, 3.8) is 0 Å². The Hall–Kier alpha value is -2.93. The summed E-state index contributed by atoms with van der Waals surface area (Å²) in [6, 6.07) is 7.89. The summed E-state index contributed by atoms with van der Waals surface area (Å²) in [4.78, 5) is 20.7. The Morgan fingerprint density at radius 2 is 2.12 bits per heavy atom. The van der Waals surface area contributed by atoms with Gasteiger partial charge in [0, 0.05) is 29.1 Å². The van der Waals surface area contributed by atoms with Gasteiger partial charge >= 0.3 is 0 Å². The van der Waals surface area contributed by atoms with Gasteiger partial charge in [-0.3, -0.25) is 4.79 Å². The Bertz CT molecular complexity index is 1080. The molecule has 0 aliphatic heterocycles. The molecule has 3 aromatic heterocycles. The first-order valence-electron chi connectivity index (χ1n) is 7.78. The smallest absolute Gasteiger partial charge is 0.197 e. The largest absolute Gasteiger partial charge is 0.334 e. The lowest BCUT2D eigenvalue weighted by molar-refractivity contribution is 0.0991. The third kappa shape index (κ3) is 3.06. The van der Waals surface area contributed by atoms with E-state index in [-0.39, 0.29) is 12.2 Å². The number of hydrogen-bond acceptors (Lipinski definition) is 6. The minimum Gasteiger partial charge on any atom is -0.334 e. The number of rotatable bonds is 4. The normalized spacial score (nSPS) is 11.1. The monoisotopic (exact) mass is 349 g/mol. The highest BCUT2D eigenvalue weighted by Crippen LogP contribution is 2.23. The molecule has 0 aliphatic carbocycles. The maximum absolute atomic E-state index is 12.3. The van der Waals surface area contributed by atoms with Crippen LogP contribution >= 0.6 is 11.3 Å². The minimum absolute atomic E-state index is 0.0328. The Morgan fingerprint density at radius 3 is 2.84 bits per heavy atom. The van der Waals surface area contributed by atoms with Gasteiger partial charge in [0.1, 0.15) is 0 Å². The van der Waals surface area contributed by atoms with Crippen LogP contribution < -0.4 is 0 Å². The van der Waals surface area contributed by atoms with Crippen LogP contribution in [0.2, 0.25) is 0 Å². The summed E-state index contributed by atoms with van der Waals surface area (Å²) in [5.41, 5.74) is 4.38. The number of Topliss-reactive ketones (excluding diaryl/α,β-unsaturated/α-hetero) is 1. The summed E-state index contributed by atoms with van der Waals surface area (Å²) in [6.45, 7) is 1.88. The van der Waals surface area contributed by atoms with Gasteiger partial charge in [-0.15, -0.1) is 11.3 Å². The molecular weight excluding hydrogens is 334 g/mol. The van der Waals surface area contributed by atoms with E-state index in [0.29, 0.717) is 10.7 Å². The number of thiazole rings is 1. The van der Waals surface area contributed by atoms with Crippen molar-refractivity contribution in [1.82, 2.24) is 24.7 Å². The SMILES string of the molecule is Cc1csc(C(=O)Cc2cc3cc(-c4cncn4C)ccc3nn2)n1. The molecule has 0 saturated carbocycles. The van der Waals surface area contributed by atoms with Crippen molar-refractivity contribution >= 4 is 28.0 Å². The molecule has 1 aromatic carbocycles. The zero-order chi connectivity index (χ0) is 17.4. The minimum atomic E-state index is -0.0328. The van der Waals surface area contributed by atoms with Gasteiger partial charge < -0.3 is 4.57 Å². The number of benzene rings is 1. The fraction of sp³-hybridized carbons (Fsp3) is 0.167. The summed E-state index contributed by atoms with van der Waals surface area (Å²) in [5, 5.41) is 11.8. The topological polar surface area (TPSA) is 73.6 Å². The summed E-state index contributed by atoms with van der Waals surface area (Å²) < 4.78 is 1.96. The maximum Gasteiger partial charge on any atom is 0.197 e. The number of carbonyl (C=O) groups is 1. The number of ketones is 1. The average Bonchev–Trinajstić information content (AvgIpc) is 3.22.